The fourth-order valence-electron chi connectivity index (χ4n) is 2.06. The maximum absolute atomic E-state index is 5.96. The maximum Gasteiger partial charge on any atom is 0.0423 e. The Hall–Kier alpha value is -0.900. The fraction of sp³-hybridized carbons (Fsp3) is 0.312. The number of hydrogen-bond acceptors (Lipinski definition) is 2. The molecule has 20 heavy (non-hydrogen) atoms. The highest BCUT2D eigenvalue weighted by molar-refractivity contribution is 9.10. The molecule has 2 aromatic rings. The van der Waals surface area contributed by atoms with Crippen LogP contribution in [0.5, 0.6) is 0 Å². The van der Waals surface area contributed by atoms with Gasteiger partial charge in [0.05, 0.1) is 0 Å². The van der Waals surface area contributed by atoms with Crippen LogP contribution < -0.4 is 5.32 Å². The first-order valence-electron chi connectivity index (χ1n) is 6.78. The number of aromatic nitrogens is 1. The van der Waals surface area contributed by atoms with Crippen LogP contribution in [0.25, 0.3) is 0 Å². The highest BCUT2D eigenvalue weighted by Gasteiger charge is 2.12. The smallest absolute Gasteiger partial charge is 0.0423 e. The van der Waals surface area contributed by atoms with Crippen LogP contribution in [-0.2, 0) is 6.42 Å². The largest absolute Gasteiger partial charge is 0.310 e. The third-order valence-corrected chi connectivity index (χ3v) is 3.84. The topological polar surface area (TPSA) is 24.9 Å². The van der Waals surface area contributed by atoms with Gasteiger partial charge in [-0.3, -0.25) is 4.98 Å². The Labute approximate surface area is 133 Å². The van der Waals surface area contributed by atoms with Crippen LogP contribution in [0, 0.1) is 0 Å². The van der Waals surface area contributed by atoms with Crippen LogP contribution in [-0.4, -0.2) is 11.5 Å². The van der Waals surface area contributed by atoms with E-state index in [1.807, 2.05) is 24.4 Å². The summed E-state index contributed by atoms with van der Waals surface area (Å²) in [5.41, 5.74) is 2.32. The molecule has 4 heteroatoms. The molecular weight excluding hydrogens is 336 g/mol. The average molecular weight is 354 g/mol. The van der Waals surface area contributed by atoms with Crippen molar-refractivity contribution in [1.29, 1.82) is 0 Å². The van der Waals surface area contributed by atoms with Crippen LogP contribution in [0.2, 0.25) is 5.02 Å². The van der Waals surface area contributed by atoms with Gasteiger partial charge < -0.3 is 5.32 Å². The molecule has 2 nitrogen and oxygen atoms in total. The van der Waals surface area contributed by atoms with Crippen molar-refractivity contribution >= 4 is 27.5 Å². The summed E-state index contributed by atoms with van der Waals surface area (Å²) >= 11 is 9.37. The van der Waals surface area contributed by atoms with Gasteiger partial charge in [-0.05, 0) is 58.7 Å². The minimum absolute atomic E-state index is 0.265. The zero-order valence-electron chi connectivity index (χ0n) is 11.4. The predicted molar refractivity (Wildman–Crippen MR) is 88.1 cm³/mol. The molecule has 2 rings (SSSR count). The minimum atomic E-state index is 0.265. The number of benzene rings is 1. The third kappa shape index (κ3) is 4.58. The summed E-state index contributed by atoms with van der Waals surface area (Å²) in [7, 11) is 0. The molecule has 0 saturated carbocycles. The Balaban J connectivity index is 2.14. The summed E-state index contributed by atoms with van der Waals surface area (Å²) in [6.07, 6.45) is 3.82. The fourth-order valence-corrected chi connectivity index (χ4v) is 2.42. The molecular formula is C16H18BrClN2. The monoisotopic (exact) mass is 352 g/mol. The molecule has 106 valence electrons. The molecule has 1 aromatic heterocycles. The van der Waals surface area contributed by atoms with Gasteiger partial charge in [0.15, 0.2) is 0 Å². The van der Waals surface area contributed by atoms with Gasteiger partial charge in [-0.1, -0.05) is 30.7 Å². The Bertz CT molecular complexity index is 525. The highest BCUT2D eigenvalue weighted by atomic mass is 79.9. The normalized spacial score (nSPS) is 12.3. The molecule has 0 amide bonds. The number of halogens is 2. The van der Waals surface area contributed by atoms with E-state index in [0.717, 1.165) is 34.6 Å². The van der Waals surface area contributed by atoms with Gasteiger partial charge in [0, 0.05) is 33.8 Å². The molecule has 0 aliphatic rings. The molecule has 0 fully saturated rings. The van der Waals surface area contributed by atoms with Crippen molar-refractivity contribution < 1.29 is 0 Å². The van der Waals surface area contributed by atoms with Crippen LogP contribution in [0.1, 0.15) is 30.6 Å². The van der Waals surface area contributed by atoms with Crippen molar-refractivity contribution in [3.05, 3.63) is 63.3 Å². The third-order valence-electron chi connectivity index (χ3n) is 3.12. The Morgan fingerprint density at radius 1 is 1.20 bits per heavy atom. The maximum atomic E-state index is 5.96. The van der Waals surface area contributed by atoms with E-state index >= 15 is 0 Å². The molecule has 1 N–H and O–H groups in total. The molecule has 0 saturated heterocycles. The molecule has 1 unspecified atom stereocenters. The van der Waals surface area contributed by atoms with Gasteiger partial charge in [-0.15, -0.1) is 0 Å². The minimum Gasteiger partial charge on any atom is -0.310 e. The predicted octanol–water partition coefficient (Wildman–Crippen LogP) is 4.78. The summed E-state index contributed by atoms with van der Waals surface area (Å²) in [4.78, 5) is 4.46. The zero-order valence-corrected chi connectivity index (χ0v) is 13.8. The molecule has 0 aliphatic heterocycles. The first-order valence-corrected chi connectivity index (χ1v) is 7.95. The Morgan fingerprint density at radius 3 is 2.55 bits per heavy atom. The standard InChI is InChI=1S/C16H18BrClN2/c1-2-9-19-16(12-3-6-14(18)7-4-12)10-15-8-5-13(17)11-20-15/h3-8,11,16,19H,2,9-10H2,1H3. The van der Waals surface area contributed by atoms with Gasteiger partial charge in [0.25, 0.3) is 0 Å². The van der Waals surface area contributed by atoms with E-state index in [1.54, 1.807) is 0 Å². The summed E-state index contributed by atoms with van der Waals surface area (Å²) < 4.78 is 1.01. The summed E-state index contributed by atoms with van der Waals surface area (Å²) in [5, 5.41) is 4.34. The Morgan fingerprint density at radius 2 is 1.95 bits per heavy atom. The number of rotatable bonds is 6. The van der Waals surface area contributed by atoms with Crippen LogP contribution >= 0.6 is 27.5 Å². The summed E-state index contributed by atoms with van der Waals surface area (Å²) in [5.74, 6) is 0. The summed E-state index contributed by atoms with van der Waals surface area (Å²) in [6.45, 7) is 3.16. The second-order valence-electron chi connectivity index (χ2n) is 4.73. The first kappa shape index (κ1) is 15.5. The van der Waals surface area contributed by atoms with E-state index < -0.39 is 0 Å². The van der Waals surface area contributed by atoms with Crippen LogP contribution in [0.4, 0.5) is 0 Å². The quantitative estimate of drug-likeness (QED) is 0.808. The van der Waals surface area contributed by atoms with E-state index in [9.17, 15) is 0 Å². The van der Waals surface area contributed by atoms with Crippen molar-refractivity contribution in [2.75, 3.05) is 6.54 Å². The van der Waals surface area contributed by atoms with E-state index in [2.05, 4.69) is 51.4 Å². The van der Waals surface area contributed by atoms with E-state index in [4.69, 9.17) is 11.6 Å². The lowest BCUT2D eigenvalue weighted by atomic mass is 10.0. The lowest BCUT2D eigenvalue weighted by molar-refractivity contribution is 0.524. The van der Waals surface area contributed by atoms with Gasteiger partial charge in [0.2, 0.25) is 0 Å². The number of nitrogens with one attached hydrogen (secondary N) is 1. The zero-order chi connectivity index (χ0) is 14.4. The van der Waals surface area contributed by atoms with Crippen LogP contribution in [0.3, 0.4) is 0 Å². The molecule has 1 heterocycles. The second kappa shape index (κ2) is 7.77. The van der Waals surface area contributed by atoms with Crippen molar-refractivity contribution in [3.8, 4) is 0 Å². The van der Waals surface area contributed by atoms with Crippen molar-refractivity contribution in [2.24, 2.45) is 0 Å². The number of pyridine rings is 1. The Kier molecular flexibility index (Phi) is 6.02. The van der Waals surface area contributed by atoms with E-state index in [-0.39, 0.29) is 6.04 Å². The average Bonchev–Trinajstić information content (AvgIpc) is 2.46. The number of nitrogens with zero attached hydrogens (tertiary/aromatic N) is 1. The molecule has 0 aliphatic carbocycles. The molecule has 0 radical (unpaired) electrons. The SMILES string of the molecule is CCCNC(Cc1ccc(Br)cn1)c1ccc(Cl)cc1. The van der Waals surface area contributed by atoms with E-state index in [0.29, 0.717) is 0 Å². The second-order valence-corrected chi connectivity index (χ2v) is 6.08. The lowest BCUT2D eigenvalue weighted by Crippen LogP contribution is -2.24. The first-order chi connectivity index (χ1) is 9.69. The number of hydrogen-bond donors (Lipinski definition) is 1. The molecule has 1 aromatic carbocycles. The van der Waals surface area contributed by atoms with E-state index in [1.165, 1.54) is 5.56 Å². The summed E-state index contributed by atoms with van der Waals surface area (Å²) in [6, 6.07) is 12.4. The van der Waals surface area contributed by atoms with Crippen molar-refractivity contribution in [1.82, 2.24) is 10.3 Å². The van der Waals surface area contributed by atoms with Gasteiger partial charge in [0.1, 0.15) is 0 Å². The van der Waals surface area contributed by atoms with Gasteiger partial charge in [-0.25, -0.2) is 0 Å². The van der Waals surface area contributed by atoms with Crippen molar-refractivity contribution in [2.45, 2.75) is 25.8 Å². The lowest BCUT2D eigenvalue weighted by Gasteiger charge is -2.19. The van der Waals surface area contributed by atoms with Crippen LogP contribution in [0.15, 0.2) is 47.1 Å². The molecule has 0 spiro atoms. The van der Waals surface area contributed by atoms with Crippen molar-refractivity contribution in [3.63, 3.8) is 0 Å². The van der Waals surface area contributed by atoms with Gasteiger partial charge in [-0.2, -0.15) is 0 Å². The highest BCUT2D eigenvalue weighted by Crippen LogP contribution is 2.20. The van der Waals surface area contributed by atoms with Gasteiger partial charge >= 0.3 is 0 Å². The molecule has 0 bridgehead atoms. The molecule has 1 atom stereocenters.